The van der Waals surface area contributed by atoms with Gasteiger partial charge in [-0.1, -0.05) is 36.8 Å². The average molecular weight is 340 g/mol. The van der Waals surface area contributed by atoms with Crippen LogP contribution in [0.3, 0.4) is 0 Å². The zero-order chi connectivity index (χ0) is 17.2. The molecule has 6 heteroatoms. The van der Waals surface area contributed by atoms with Gasteiger partial charge >= 0.3 is 0 Å². The van der Waals surface area contributed by atoms with Crippen molar-refractivity contribution in [2.45, 2.75) is 45.0 Å². The van der Waals surface area contributed by atoms with Gasteiger partial charge in [0.15, 0.2) is 5.78 Å². The van der Waals surface area contributed by atoms with E-state index in [1.54, 1.807) is 11.8 Å². The second kappa shape index (κ2) is 10.4. The van der Waals surface area contributed by atoms with Crippen LogP contribution < -0.4 is 10.6 Å². The molecular weight excluding hydrogens is 315 g/mol. The van der Waals surface area contributed by atoms with Gasteiger partial charge in [-0.3, -0.25) is 14.9 Å². The lowest BCUT2D eigenvalue weighted by molar-refractivity contribution is -0.129. The van der Waals surface area contributed by atoms with Crippen LogP contribution in [0.15, 0.2) is 24.3 Å². The van der Waals surface area contributed by atoms with Crippen molar-refractivity contribution in [3.63, 3.8) is 0 Å². The normalized spacial score (nSPS) is 13.4. The molecule has 0 spiro atoms. The summed E-state index contributed by atoms with van der Waals surface area (Å²) in [6.07, 6.45) is 0.605. The van der Waals surface area contributed by atoms with Crippen LogP contribution in [0.5, 0.6) is 0 Å². The van der Waals surface area contributed by atoms with E-state index in [4.69, 9.17) is 0 Å². The van der Waals surface area contributed by atoms with Crippen LogP contribution in [-0.2, 0) is 15.3 Å². The Morgan fingerprint density at radius 3 is 2.48 bits per heavy atom. The molecule has 0 radical (unpaired) electrons. The third-order valence-corrected chi connectivity index (χ3v) is 4.43. The smallest absolute Gasteiger partial charge is 0.237 e. The Balaban J connectivity index is 2.33. The highest BCUT2D eigenvalue weighted by atomic mass is 32.2. The van der Waals surface area contributed by atoms with Crippen LogP contribution in [-0.4, -0.2) is 36.3 Å². The Morgan fingerprint density at radius 2 is 1.91 bits per heavy atom. The number of carbonyl (C=O) groups excluding carboxylic acids is 2. The van der Waals surface area contributed by atoms with Crippen molar-refractivity contribution in [2.24, 2.45) is 0 Å². The number of thioether (sulfide) groups is 1. The van der Waals surface area contributed by atoms with E-state index in [-0.39, 0.29) is 11.9 Å². The van der Waals surface area contributed by atoms with Gasteiger partial charge < -0.3 is 5.32 Å². The van der Waals surface area contributed by atoms with Gasteiger partial charge in [0, 0.05) is 11.6 Å². The molecule has 0 heterocycles. The maximum atomic E-state index is 12.3. The van der Waals surface area contributed by atoms with Crippen molar-refractivity contribution in [2.75, 3.05) is 12.6 Å². The first kappa shape index (κ1) is 19.6. The fraction of sp³-hybridized carbons (Fsp3) is 0.529. The molecule has 0 saturated carbocycles. The van der Waals surface area contributed by atoms with Crippen LogP contribution >= 0.6 is 11.8 Å². The highest BCUT2D eigenvalue weighted by Crippen LogP contribution is 2.12. The number of rotatable bonds is 10. The topological polar surface area (TPSA) is 58.2 Å². The van der Waals surface area contributed by atoms with E-state index in [1.807, 2.05) is 6.92 Å². The van der Waals surface area contributed by atoms with Crippen LogP contribution in [0.1, 0.15) is 31.4 Å². The second-order valence-electron chi connectivity index (χ2n) is 5.47. The summed E-state index contributed by atoms with van der Waals surface area (Å²) in [6, 6.07) is 7.18. The lowest BCUT2D eigenvalue weighted by Gasteiger charge is -2.19. The number of ketones is 1. The molecule has 0 aromatic heterocycles. The molecule has 4 nitrogen and oxygen atoms in total. The molecular formula is C17H25FN2O2S. The summed E-state index contributed by atoms with van der Waals surface area (Å²) >= 11 is 1.68. The molecule has 1 aromatic rings. The van der Waals surface area contributed by atoms with Crippen molar-refractivity contribution in [3.8, 4) is 0 Å². The number of halogens is 1. The minimum atomic E-state index is -1.06. The molecule has 0 aliphatic rings. The van der Waals surface area contributed by atoms with Crippen LogP contribution in [0.4, 0.5) is 4.39 Å². The number of benzene rings is 1. The van der Waals surface area contributed by atoms with Crippen LogP contribution in [0, 0.1) is 6.92 Å². The summed E-state index contributed by atoms with van der Waals surface area (Å²) in [4.78, 5) is 23.2. The fourth-order valence-electron chi connectivity index (χ4n) is 1.95. The summed E-state index contributed by atoms with van der Waals surface area (Å²) in [7, 11) is 0. The Labute approximate surface area is 141 Å². The number of amides is 1. The van der Waals surface area contributed by atoms with Gasteiger partial charge in [0.25, 0.3) is 0 Å². The zero-order valence-corrected chi connectivity index (χ0v) is 14.7. The van der Waals surface area contributed by atoms with Gasteiger partial charge in [-0.05, 0) is 25.8 Å². The van der Waals surface area contributed by atoms with Crippen molar-refractivity contribution < 1.29 is 14.0 Å². The second-order valence-corrected chi connectivity index (χ2v) is 6.46. The minimum absolute atomic E-state index is 0.266. The molecule has 2 atom stereocenters. The van der Waals surface area contributed by atoms with Crippen molar-refractivity contribution >= 4 is 23.5 Å². The number of aryl methyl sites for hydroxylation is 1. The van der Waals surface area contributed by atoms with Gasteiger partial charge in [-0.2, -0.15) is 0 Å². The summed E-state index contributed by atoms with van der Waals surface area (Å²) in [5, 5.41) is 5.71. The molecule has 23 heavy (non-hydrogen) atoms. The molecule has 0 aliphatic heterocycles. The third kappa shape index (κ3) is 7.14. The number of carbonyl (C=O) groups is 2. The maximum absolute atomic E-state index is 12.3. The van der Waals surface area contributed by atoms with Crippen molar-refractivity contribution in [3.05, 3.63) is 35.4 Å². The van der Waals surface area contributed by atoms with Gasteiger partial charge in [-0.15, -0.1) is 11.8 Å². The maximum Gasteiger partial charge on any atom is 0.237 e. The van der Waals surface area contributed by atoms with Crippen LogP contribution in [0.2, 0.25) is 0 Å². The van der Waals surface area contributed by atoms with Gasteiger partial charge in [-0.25, -0.2) is 4.39 Å². The van der Waals surface area contributed by atoms with E-state index in [9.17, 15) is 14.0 Å². The quantitative estimate of drug-likeness (QED) is 0.508. The number of Topliss-reactive ketones (excluding diaryl/α,β-unsaturated/α-hetero) is 1. The van der Waals surface area contributed by atoms with E-state index in [2.05, 4.69) is 41.8 Å². The van der Waals surface area contributed by atoms with E-state index in [1.165, 1.54) is 18.1 Å². The Morgan fingerprint density at radius 1 is 1.26 bits per heavy atom. The first-order valence-electron chi connectivity index (χ1n) is 7.73. The molecule has 1 unspecified atom stereocenters. The number of alkyl halides is 1. The van der Waals surface area contributed by atoms with E-state index in [0.717, 1.165) is 5.75 Å². The molecule has 0 aliphatic carbocycles. The molecule has 1 rings (SSSR count). The highest BCUT2D eigenvalue weighted by Gasteiger charge is 2.20. The Hall–Kier alpha value is -1.40. The average Bonchev–Trinajstić information content (AvgIpc) is 2.55. The molecule has 128 valence electrons. The highest BCUT2D eigenvalue weighted by molar-refractivity contribution is 7.98. The molecule has 0 saturated heterocycles. The minimum Gasteiger partial charge on any atom is -0.345 e. The van der Waals surface area contributed by atoms with Crippen molar-refractivity contribution in [1.29, 1.82) is 0 Å². The standard InChI is InChI=1S/C17H25FN2O2S/c1-4-15(17(22)20-13(3)16(21)9-18)19-11-23-10-14-7-5-12(2)6-8-14/h5-8,13,15,19H,4,9-11H2,1-3H3,(H,20,22)/t13-,15?/m0/s1. The first-order chi connectivity index (χ1) is 11.0. The zero-order valence-electron chi connectivity index (χ0n) is 13.9. The predicted octanol–water partition coefficient (Wildman–Crippen LogP) is 2.60. The number of hydrogen-bond acceptors (Lipinski definition) is 4. The first-order valence-corrected chi connectivity index (χ1v) is 8.89. The van der Waals surface area contributed by atoms with E-state index in [0.29, 0.717) is 12.3 Å². The Kier molecular flexibility index (Phi) is 8.87. The van der Waals surface area contributed by atoms with Crippen LogP contribution in [0.25, 0.3) is 0 Å². The number of hydrogen-bond donors (Lipinski definition) is 2. The molecule has 0 fully saturated rings. The summed E-state index contributed by atoms with van der Waals surface area (Å²) in [5.41, 5.74) is 2.47. The monoisotopic (exact) mass is 340 g/mol. The molecule has 1 amide bonds. The lowest BCUT2D eigenvalue weighted by Crippen LogP contribution is -2.49. The lowest BCUT2D eigenvalue weighted by atomic mass is 10.1. The fourth-order valence-corrected chi connectivity index (χ4v) is 2.79. The van der Waals surface area contributed by atoms with E-state index >= 15 is 0 Å². The summed E-state index contributed by atoms with van der Waals surface area (Å²) in [5.74, 6) is 0.618. The largest absolute Gasteiger partial charge is 0.345 e. The van der Waals surface area contributed by atoms with Crippen molar-refractivity contribution in [1.82, 2.24) is 10.6 Å². The SMILES string of the molecule is CCC(NCSCc1ccc(C)cc1)C(=O)N[C@@H](C)C(=O)CF. The molecule has 1 aromatic carbocycles. The molecule has 2 N–H and O–H groups in total. The summed E-state index contributed by atoms with van der Waals surface area (Å²) in [6.45, 7) is 4.39. The number of nitrogens with one attached hydrogen (secondary N) is 2. The van der Waals surface area contributed by atoms with Gasteiger partial charge in [0.2, 0.25) is 5.91 Å². The van der Waals surface area contributed by atoms with Gasteiger partial charge in [0.05, 0.1) is 12.1 Å². The molecule has 0 bridgehead atoms. The third-order valence-electron chi connectivity index (χ3n) is 3.52. The Bertz CT molecular complexity index is 508. The predicted molar refractivity (Wildman–Crippen MR) is 93.1 cm³/mol. The van der Waals surface area contributed by atoms with Gasteiger partial charge in [0.1, 0.15) is 6.67 Å². The summed E-state index contributed by atoms with van der Waals surface area (Å²) < 4.78 is 12.3. The van der Waals surface area contributed by atoms with E-state index < -0.39 is 18.5 Å².